The van der Waals surface area contributed by atoms with Crippen LogP contribution in [0.25, 0.3) is 0 Å². The first-order chi connectivity index (χ1) is 2.91. The van der Waals surface area contributed by atoms with Crippen LogP contribution in [-0.2, 0) is 9.59 Å². The standard InChI is InChI=1S/C4H6O2.2Na.2H2O.2H/c5-3-1-2-4-6;;;;;;/h3-4H,1-2H2;;;2*1H2;;. The summed E-state index contributed by atoms with van der Waals surface area (Å²) in [7, 11) is 0. The number of hydrogen-bond donors (Lipinski definition) is 0. The molecule has 0 amide bonds. The number of aldehydes is 2. The summed E-state index contributed by atoms with van der Waals surface area (Å²) in [5.74, 6) is 0. The molecule has 0 atom stereocenters. The summed E-state index contributed by atoms with van der Waals surface area (Å²) < 4.78 is 0. The minimum absolute atomic E-state index is 0. The van der Waals surface area contributed by atoms with Crippen LogP contribution in [0.2, 0.25) is 0 Å². The van der Waals surface area contributed by atoms with Gasteiger partial charge in [-0.15, -0.1) is 0 Å². The number of unbranched alkanes of at least 4 members (excludes halogenated alkanes) is 1. The van der Waals surface area contributed by atoms with Gasteiger partial charge in [-0.1, -0.05) is 0 Å². The fraction of sp³-hybridized carbons (Fsp3) is 0.500. The Morgan fingerprint density at radius 2 is 1.00 bits per heavy atom. The van der Waals surface area contributed by atoms with Crippen molar-refractivity contribution in [2.45, 2.75) is 12.8 Å². The van der Waals surface area contributed by atoms with E-state index >= 15 is 0 Å². The zero-order valence-electron chi connectivity index (χ0n) is 4.39. The van der Waals surface area contributed by atoms with E-state index in [1.807, 2.05) is 0 Å². The third-order valence-corrected chi connectivity index (χ3v) is 0.402. The van der Waals surface area contributed by atoms with Gasteiger partial charge >= 0.3 is 59.1 Å². The Balaban J connectivity index is -0.0000000208. The van der Waals surface area contributed by atoms with Crippen LogP contribution in [0.1, 0.15) is 12.8 Å². The van der Waals surface area contributed by atoms with E-state index in [0.29, 0.717) is 12.8 Å². The van der Waals surface area contributed by atoms with Crippen molar-refractivity contribution in [3.05, 3.63) is 0 Å². The second kappa shape index (κ2) is 31.8. The molecule has 6 heteroatoms. The maximum absolute atomic E-state index is 9.40. The van der Waals surface area contributed by atoms with Crippen molar-refractivity contribution in [3.8, 4) is 0 Å². The predicted octanol–water partition coefficient (Wildman–Crippen LogP) is -2.78. The molecule has 10 heavy (non-hydrogen) atoms. The predicted molar refractivity (Wildman–Crippen MR) is 42.9 cm³/mol. The van der Waals surface area contributed by atoms with Crippen LogP contribution in [-0.4, -0.2) is 82.6 Å². The topological polar surface area (TPSA) is 97.1 Å². The molecule has 0 aromatic rings. The summed E-state index contributed by atoms with van der Waals surface area (Å²) in [6.07, 6.45) is 2.19. The van der Waals surface area contributed by atoms with Crippen LogP contribution in [0.4, 0.5) is 0 Å². The summed E-state index contributed by atoms with van der Waals surface area (Å²) in [4.78, 5) is 18.8. The van der Waals surface area contributed by atoms with Crippen molar-refractivity contribution in [2.75, 3.05) is 0 Å². The molecule has 0 saturated heterocycles. The second-order valence-electron chi connectivity index (χ2n) is 0.911. The fourth-order valence-corrected chi connectivity index (χ4v) is 0.136. The minimum atomic E-state index is 0. The third-order valence-electron chi connectivity index (χ3n) is 0.402. The number of carbonyl (C=O) groups is 2. The fourth-order valence-electron chi connectivity index (χ4n) is 0.136. The van der Waals surface area contributed by atoms with Crippen molar-refractivity contribution < 1.29 is 20.5 Å². The normalized spacial score (nSPS) is 4.40. The molecule has 4 nitrogen and oxygen atoms in total. The molecule has 0 aromatic carbocycles. The van der Waals surface area contributed by atoms with Crippen molar-refractivity contribution in [1.82, 2.24) is 0 Å². The van der Waals surface area contributed by atoms with E-state index in [1.54, 1.807) is 0 Å². The molecule has 0 radical (unpaired) electrons. The van der Waals surface area contributed by atoms with Crippen LogP contribution in [0.15, 0.2) is 0 Å². The number of hydrogen-bond acceptors (Lipinski definition) is 2. The average molecular weight is 170 g/mol. The first kappa shape index (κ1) is 30.2. The Morgan fingerprint density at radius 1 is 0.800 bits per heavy atom. The molecule has 0 aliphatic rings. The average Bonchev–Trinajstić information content (AvgIpc) is 1.61. The van der Waals surface area contributed by atoms with Gasteiger partial charge in [0, 0.05) is 12.8 Å². The number of rotatable bonds is 3. The molecule has 0 spiro atoms. The van der Waals surface area contributed by atoms with E-state index in [1.165, 1.54) is 0 Å². The molecule has 0 aliphatic heterocycles. The first-order valence-corrected chi connectivity index (χ1v) is 1.79. The van der Waals surface area contributed by atoms with E-state index in [-0.39, 0.29) is 70.1 Å². The monoisotopic (exact) mass is 170 g/mol. The summed E-state index contributed by atoms with van der Waals surface area (Å²) >= 11 is 0. The van der Waals surface area contributed by atoms with Gasteiger partial charge in [-0.2, -0.15) is 0 Å². The van der Waals surface area contributed by atoms with Gasteiger partial charge in [0.05, 0.1) is 0 Å². The zero-order chi connectivity index (χ0) is 4.83. The van der Waals surface area contributed by atoms with Gasteiger partial charge < -0.3 is 20.5 Å². The van der Waals surface area contributed by atoms with Gasteiger partial charge in [-0.25, -0.2) is 0 Å². The maximum atomic E-state index is 9.40. The van der Waals surface area contributed by atoms with Crippen molar-refractivity contribution in [2.24, 2.45) is 0 Å². The molecular weight excluding hydrogens is 158 g/mol. The van der Waals surface area contributed by atoms with Gasteiger partial charge in [0.25, 0.3) is 0 Å². The summed E-state index contributed by atoms with van der Waals surface area (Å²) in [5.41, 5.74) is 0. The Kier molecular flexibility index (Phi) is 96.2. The Morgan fingerprint density at radius 3 is 1.10 bits per heavy atom. The molecule has 0 aromatic heterocycles. The third kappa shape index (κ3) is 34.8. The van der Waals surface area contributed by atoms with E-state index in [4.69, 9.17) is 0 Å². The molecule has 4 N–H and O–H groups in total. The van der Waals surface area contributed by atoms with Crippen molar-refractivity contribution in [1.29, 1.82) is 0 Å². The Hall–Kier alpha value is 1.26. The van der Waals surface area contributed by atoms with Crippen LogP contribution >= 0.6 is 0 Å². The quantitative estimate of drug-likeness (QED) is 0.260. The molecule has 0 unspecified atom stereocenters. The van der Waals surface area contributed by atoms with Crippen LogP contribution in [0.3, 0.4) is 0 Å². The number of carbonyl (C=O) groups excluding carboxylic acids is 2. The Bertz CT molecular complexity index is 51.2. The summed E-state index contributed by atoms with van der Waals surface area (Å²) in [6, 6.07) is 0. The first-order valence-electron chi connectivity index (χ1n) is 1.79. The van der Waals surface area contributed by atoms with E-state index in [9.17, 15) is 9.59 Å². The SMILES string of the molecule is O.O.O=CCCC=O.[NaH].[NaH]. The summed E-state index contributed by atoms with van der Waals surface area (Å²) in [5, 5.41) is 0. The second-order valence-corrected chi connectivity index (χ2v) is 0.911. The van der Waals surface area contributed by atoms with Gasteiger partial charge in [0.15, 0.2) is 0 Å². The molecule has 0 aliphatic carbocycles. The van der Waals surface area contributed by atoms with Gasteiger partial charge in [-0.05, 0) is 0 Å². The van der Waals surface area contributed by atoms with E-state index in [2.05, 4.69) is 0 Å². The van der Waals surface area contributed by atoms with Crippen LogP contribution in [0, 0.1) is 0 Å². The Labute approximate surface area is 104 Å². The van der Waals surface area contributed by atoms with Crippen LogP contribution < -0.4 is 0 Å². The molecule has 0 heterocycles. The molecule has 0 fully saturated rings. The molecule has 0 saturated carbocycles. The zero-order valence-corrected chi connectivity index (χ0v) is 4.39. The van der Waals surface area contributed by atoms with E-state index in [0.717, 1.165) is 12.6 Å². The summed E-state index contributed by atoms with van der Waals surface area (Å²) in [6.45, 7) is 0. The van der Waals surface area contributed by atoms with Crippen molar-refractivity contribution >= 4 is 71.7 Å². The molecule has 0 rings (SSSR count). The van der Waals surface area contributed by atoms with Gasteiger partial charge in [-0.3, -0.25) is 0 Å². The molecule has 0 bridgehead atoms. The van der Waals surface area contributed by atoms with Gasteiger partial charge in [0.2, 0.25) is 0 Å². The van der Waals surface area contributed by atoms with E-state index < -0.39 is 0 Å². The van der Waals surface area contributed by atoms with Crippen molar-refractivity contribution in [3.63, 3.8) is 0 Å². The molecular formula is C4H12Na2O4. The van der Waals surface area contributed by atoms with Gasteiger partial charge in [0.1, 0.15) is 12.6 Å². The molecule has 54 valence electrons. The van der Waals surface area contributed by atoms with Crippen LogP contribution in [0.5, 0.6) is 0 Å².